The number of nitrogens with zero attached hydrogens (tertiary/aromatic N) is 1. The zero-order valence-electron chi connectivity index (χ0n) is 12.0. The molecule has 1 saturated heterocycles. The minimum atomic E-state index is -0.514. The van der Waals surface area contributed by atoms with Crippen molar-refractivity contribution >= 4 is 17.3 Å². The Labute approximate surface area is 123 Å². The first kappa shape index (κ1) is 15.1. The van der Waals surface area contributed by atoms with E-state index in [0.29, 0.717) is 11.4 Å². The minimum absolute atomic E-state index is 0.0880. The quantitative estimate of drug-likeness (QED) is 0.626. The van der Waals surface area contributed by atoms with Gasteiger partial charge in [-0.1, -0.05) is 11.6 Å². The Kier molecular flexibility index (Phi) is 3.69. The number of hydrogen-bond acceptors (Lipinski definition) is 4. The Balaban J connectivity index is 2.30. The summed E-state index contributed by atoms with van der Waals surface area (Å²) in [5.41, 5.74) is -0.920. The highest BCUT2D eigenvalue weighted by atomic mass is 35.5. The van der Waals surface area contributed by atoms with Crippen molar-refractivity contribution in [3.8, 4) is 5.75 Å². The van der Waals surface area contributed by atoms with Crippen LogP contribution in [0.3, 0.4) is 0 Å². The minimum Gasteiger partial charge on any atom is -0.480 e. The molecule has 0 bridgehead atoms. The van der Waals surface area contributed by atoms with Crippen molar-refractivity contribution in [1.82, 2.24) is 0 Å². The van der Waals surface area contributed by atoms with Gasteiger partial charge in [-0.15, -0.1) is 0 Å². The molecule has 0 amide bonds. The Bertz CT molecular complexity index is 542. The molecule has 1 fully saturated rings. The van der Waals surface area contributed by atoms with Crippen LogP contribution in [0, 0.1) is 10.1 Å². The lowest BCUT2D eigenvalue weighted by molar-refractivity contribution is -0.386. The van der Waals surface area contributed by atoms with Crippen LogP contribution in [0.15, 0.2) is 18.2 Å². The summed E-state index contributed by atoms with van der Waals surface area (Å²) in [6, 6.07) is 4.31. The summed E-state index contributed by atoms with van der Waals surface area (Å²) in [5, 5.41) is 11.5. The maximum Gasteiger partial charge on any atom is 0.311 e. The van der Waals surface area contributed by atoms with Crippen molar-refractivity contribution in [2.45, 2.75) is 51.4 Å². The van der Waals surface area contributed by atoms with Gasteiger partial charge in [0.25, 0.3) is 0 Å². The van der Waals surface area contributed by atoms with Crippen molar-refractivity contribution in [2.24, 2.45) is 0 Å². The van der Waals surface area contributed by atoms with E-state index in [2.05, 4.69) is 0 Å². The van der Waals surface area contributed by atoms with E-state index in [1.165, 1.54) is 18.2 Å². The third-order valence-electron chi connectivity index (χ3n) is 3.38. The molecule has 20 heavy (non-hydrogen) atoms. The molecule has 5 nitrogen and oxygen atoms in total. The largest absolute Gasteiger partial charge is 0.480 e. The molecule has 1 aromatic carbocycles. The molecule has 6 heteroatoms. The Hall–Kier alpha value is -1.33. The molecule has 1 aliphatic rings. The van der Waals surface area contributed by atoms with E-state index < -0.39 is 10.5 Å². The lowest BCUT2D eigenvalue weighted by atomic mass is 9.97. The second-order valence-electron chi connectivity index (χ2n) is 6.14. The first-order valence-corrected chi connectivity index (χ1v) is 6.79. The van der Waals surface area contributed by atoms with Gasteiger partial charge in [-0.3, -0.25) is 10.1 Å². The number of nitro groups is 1. The first-order valence-electron chi connectivity index (χ1n) is 6.41. The lowest BCUT2D eigenvalue weighted by Crippen LogP contribution is -2.36. The third-order valence-corrected chi connectivity index (χ3v) is 3.61. The summed E-state index contributed by atoms with van der Waals surface area (Å²) in [6.07, 6.45) is 0.388. The predicted octanol–water partition coefficient (Wildman–Crippen LogP) is 3.97. The van der Waals surface area contributed by atoms with E-state index in [-0.39, 0.29) is 23.1 Å². The van der Waals surface area contributed by atoms with E-state index in [0.717, 1.165) is 0 Å². The SMILES string of the molecule is CC1(C)CC(Oc2cc(Cl)ccc2[N+](=O)[O-])C(C)(C)O1. The Morgan fingerprint density at radius 1 is 1.40 bits per heavy atom. The second-order valence-corrected chi connectivity index (χ2v) is 6.58. The van der Waals surface area contributed by atoms with Crippen LogP contribution in [0.1, 0.15) is 34.1 Å². The topological polar surface area (TPSA) is 61.6 Å². The van der Waals surface area contributed by atoms with Crippen LogP contribution in [0.2, 0.25) is 5.02 Å². The molecule has 0 saturated carbocycles. The molecule has 0 N–H and O–H groups in total. The van der Waals surface area contributed by atoms with Crippen LogP contribution in [-0.4, -0.2) is 22.2 Å². The lowest BCUT2D eigenvalue weighted by Gasteiger charge is -2.27. The van der Waals surface area contributed by atoms with Crippen molar-refractivity contribution < 1.29 is 14.4 Å². The molecule has 1 unspecified atom stereocenters. The summed E-state index contributed by atoms with van der Waals surface area (Å²) < 4.78 is 11.8. The van der Waals surface area contributed by atoms with Crippen LogP contribution in [-0.2, 0) is 4.74 Å². The van der Waals surface area contributed by atoms with Gasteiger partial charge in [-0.25, -0.2) is 0 Å². The second kappa shape index (κ2) is 4.90. The summed E-state index contributed by atoms with van der Waals surface area (Å²) >= 11 is 5.90. The normalized spacial score (nSPS) is 23.6. The number of halogens is 1. The van der Waals surface area contributed by atoms with E-state index in [9.17, 15) is 10.1 Å². The molecule has 0 radical (unpaired) electrons. The molecule has 2 rings (SSSR count). The van der Waals surface area contributed by atoms with Crippen molar-refractivity contribution in [3.63, 3.8) is 0 Å². The molecule has 0 aromatic heterocycles. The van der Waals surface area contributed by atoms with Gasteiger partial charge < -0.3 is 9.47 Å². The Morgan fingerprint density at radius 2 is 2.05 bits per heavy atom. The van der Waals surface area contributed by atoms with Crippen LogP contribution >= 0.6 is 11.6 Å². The number of rotatable bonds is 3. The van der Waals surface area contributed by atoms with E-state index in [1.807, 2.05) is 27.7 Å². The number of ether oxygens (including phenoxy) is 2. The van der Waals surface area contributed by atoms with Crippen LogP contribution in [0.5, 0.6) is 5.75 Å². The molecule has 1 atom stereocenters. The fourth-order valence-electron chi connectivity index (χ4n) is 2.58. The van der Waals surface area contributed by atoms with Gasteiger partial charge >= 0.3 is 5.69 Å². The summed E-state index contributed by atoms with van der Waals surface area (Å²) in [6.45, 7) is 7.79. The summed E-state index contributed by atoms with van der Waals surface area (Å²) in [7, 11) is 0. The van der Waals surface area contributed by atoms with Gasteiger partial charge in [0, 0.05) is 23.6 Å². The van der Waals surface area contributed by atoms with Crippen molar-refractivity contribution in [2.75, 3.05) is 0 Å². The van der Waals surface area contributed by atoms with Crippen LogP contribution < -0.4 is 4.74 Å². The van der Waals surface area contributed by atoms with Crippen molar-refractivity contribution in [1.29, 1.82) is 0 Å². The maximum atomic E-state index is 11.0. The van der Waals surface area contributed by atoms with Crippen LogP contribution in [0.25, 0.3) is 0 Å². The highest BCUT2D eigenvalue weighted by Gasteiger charge is 2.48. The molecule has 0 spiro atoms. The van der Waals surface area contributed by atoms with Gasteiger partial charge in [-0.2, -0.15) is 0 Å². The first-order chi connectivity index (χ1) is 9.11. The predicted molar refractivity (Wildman–Crippen MR) is 76.4 cm³/mol. The zero-order chi connectivity index (χ0) is 15.1. The smallest absolute Gasteiger partial charge is 0.311 e. The van der Waals surface area contributed by atoms with E-state index in [4.69, 9.17) is 21.1 Å². The maximum absolute atomic E-state index is 11.0. The molecular formula is C14H18ClNO4. The van der Waals surface area contributed by atoms with Gasteiger partial charge in [0.05, 0.1) is 10.5 Å². The highest BCUT2D eigenvalue weighted by Crippen LogP contribution is 2.41. The van der Waals surface area contributed by atoms with Crippen LogP contribution in [0.4, 0.5) is 5.69 Å². The molecule has 110 valence electrons. The zero-order valence-corrected chi connectivity index (χ0v) is 12.7. The summed E-state index contributed by atoms with van der Waals surface area (Å²) in [5.74, 6) is 0.182. The average molecular weight is 300 g/mol. The monoisotopic (exact) mass is 299 g/mol. The van der Waals surface area contributed by atoms with Gasteiger partial charge in [0.15, 0.2) is 5.75 Å². The molecule has 1 aliphatic heterocycles. The van der Waals surface area contributed by atoms with E-state index in [1.54, 1.807) is 0 Å². The highest BCUT2D eigenvalue weighted by molar-refractivity contribution is 6.30. The van der Waals surface area contributed by atoms with Gasteiger partial charge in [0.2, 0.25) is 0 Å². The molecular weight excluding hydrogens is 282 g/mol. The van der Waals surface area contributed by atoms with E-state index >= 15 is 0 Å². The summed E-state index contributed by atoms with van der Waals surface area (Å²) in [4.78, 5) is 10.6. The third kappa shape index (κ3) is 3.04. The number of nitro benzene ring substituents is 1. The number of benzene rings is 1. The number of hydrogen-bond donors (Lipinski definition) is 0. The fourth-order valence-corrected chi connectivity index (χ4v) is 2.74. The van der Waals surface area contributed by atoms with Gasteiger partial charge in [-0.05, 0) is 33.8 Å². The average Bonchev–Trinajstić information content (AvgIpc) is 2.46. The molecule has 1 heterocycles. The molecule has 1 aromatic rings. The standard InChI is InChI=1S/C14H18ClNO4/c1-13(2)8-12(14(3,4)20-13)19-11-7-9(15)5-6-10(11)16(17)18/h5-7,12H,8H2,1-4H3. The molecule has 0 aliphatic carbocycles. The van der Waals surface area contributed by atoms with Crippen molar-refractivity contribution in [3.05, 3.63) is 33.3 Å². The Morgan fingerprint density at radius 3 is 2.55 bits per heavy atom. The fraction of sp³-hybridized carbons (Fsp3) is 0.571. The van der Waals surface area contributed by atoms with Gasteiger partial charge in [0.1, 0.15) is 11.7 Å².